The van der Waals surface area contributed by atoms with Gasteiger partial charge < -0.3 is 15.2 Å². The van der Waals surface area contributed by atoms with Crippen LogP contribution in [0.25, 0.3) is 0 Å². The van der Waals surface area contributed by atoms with E-state index in [-0.39, 0.29) is 11.6 Å². The fraction of sp³-hybridized carbons (Fsp3) is 0.174. The number of imide groups is 1. The molecule has 11 nitrogen and oxygen atoms in total. The molecule has 1 atom stereocenters. The van der Waals surface area contributed by atoms with Crippen molar-refractivity contribution in [3.63, 3.8) is 0 Å². The molecule has 3 aromatic rings. The van der Waals surface area contributed by atoms with E-state index in [1.54, 1.807) is 24.3 Å². The zero-order chi connectivity index (χ0) is 24.2. The lowest BCUT2D eigenvalue weighted by atomic mass is 10.1. The minimum Gasteiger partial charge on any atom is -0.476 e. The first-order chi connectivity index (χ1) is 16.3. The molecule has 174 valence electrons. The van der Waals surface area contributed by atoms with Gasteiger partial charge in [-0.25, -0.2) is 29.3 Å². The number of carboxylic acids is 1. The summed E-state index contributed by atoms with van der Waals surface area (Å²) >= 11 is 0. The van der Waals surface area contributed by atoms with E-state index in [1.165, 1.54) is 18.1 Å². The molecule has 4 amide bonds. The Morgan fingerprint density at radius 3 is 2.41 bits per heavy atom. The van der Waals surface area contributed by atoms with E-state index in [2.05, 4.69) is 20.6 Å². The molecule has 1 saturated heterocycles. The first kappa shape index (κ1) is 22.5. The monoisotopic (exact) mass is 462 g/mol. The van der Waals surface area contributed by atoms with Crippen LogP contribution in [-0.2, 0) is 6.54 Å². The molecule has 0 aliphatic carbocycles. The van der Waals surface area contributed by atoms with Crippen LogP contribution in [0.5, 0.6) is 11.6 Å². The van der Waals surface area contributed by atoms with Crippen molar-refractivity contribution in [1.82, 2.24) is 25.1 Å². The number of benzene rings is 2. The van der Waals surface area contributed by atoms with Crippen LogP contribution in [0.15, 0.2) is 60.9 Å². The van der Waals surface area contributed by atoms with Gasteiger partial charge in [0.15, 0.2) is 12.0 Å². The van der Waals surface area contributed by atoms with E-state index in [1.807, 2.05) is 31.2 Å². The molecule has 11 heteroatoms. The molecule has 1 unspecified atom stereocenters. The van der Waals surface area contributed by atoms with Crippen LogP contribution in [0.3, 0.4) is 0 Å². The topological polar surface area (TPSA) is 137 Å². The number of nitrogens with zero attached hydrogens (tertiary/aromatic N) is 4. The fourth-order valence-electron chi connectivity index (χ4n) is 3.22. The molecule has 34 heavy (non-hydrogen) atoms. The molecule has 4 rings (SSSR count). The highest BCUT2D eigenvalue weighted by Gasteiger charge is 2.36. The van der Waals surface area contributed by atoms with Crippen molar-refractivity contribution in [2.45, 2.75) is 19.8 Å². The van der Waals surface area contributed by atoms with Crippen molar-refractivity contribution in [2.24, 2.45) is 0 Å². The van der Waals surface area contributed by atoms with Gasteiger partial charge in [-0.15, -0.1) is 0 Å². The largest absolute Gasteiger partial charge is 0.476 e. The summed E-state index contributed by atoms with van der Waals surface area (Å²) in [5.74, 6) is -0.587. The average Bonchev–Trinajstić information content (AvgIpc) is 2.83. The van der Waals surface area contributed by atoms with Gasteiger partial charge in [-0.1, -0.05) is 29.8 Å². The average molecular weight is 462 g/mol. The van der Waals surface area contributed by atoms with E-state index in [0.29, 0.717) is 18.0 Å². The van der Waals surface area contributed by atoms with Crippen LogP contribution in [0.2, 0.25) is 0 Å². The maximum atomic E-state index is 12.8. The Morgan fingerprint density at radius 1 is 1.09 bits per heavy atom. The zero-order valence-corrected chi connectivity index (χ0v) is 18.4. The number of urea groups is 2. The first-order valence-electron chi connectivity index (χ1n) is 10.3. The maximum Gasteiger partial charge on any atom is 0.356 e. The Morgan fingerprint density at radius 2 is 1.79 bits per heavy atom. The summed E-state index contributed by atoms with van der Waals surface area (Å²) in [6.07, 6.45) is 1.56. The molecule has 3 N–H and O–H groups in total. The van der Waals surface area contributed by atoms with Gasteiger partial charge in [0.2, 0.25) is 5.88 Å². The number of anilines is 1. The molecular formula is C23H22N6O5. The summed E-state index contributed by atoms with van der Waals surface area (Å²) < 4.78 is 5.58. The summed E-state index contributed by atoms with van der Waals surface area (Å²) in [6.45, 7) is 2.28. The molecule has 1 fully saturated rings. The van der Waals surface area contributed by atoms with Gasteiger partial charge in [0.25, 0.3) is 0 Å². The van der Waals surface area contributed by atoms with Gasteiger partial charge in [-0.2, -0.15) is 0 Å². The normalized spacial score (nSPS) is 15.6. The second kappa shape index (κ2) is 9.45. The number of amides is 4. The number of hydrogen-bond acceptors (Lipinski definition) is 7. The third-order valence-electron chi connectivity index (χ3n) is 5.11. The lowest BCUT2D eigenvalue weighted by Gasteiger charge is -2.40. The molecule has 2 heterocycles. The van der Waals surface area contributed by atoms with Gasteiger partial charge in [-0.05, 0) is 36.8 Å². The number of ether oxygens (including phenoxy) is 1. The number of carbonyl (C=O) groups excluding carboxylic acids is 2. The van der Waals surface area contributed by atoms with Crippen LogP contribution in [0, 0.1) is 6.92 Å². The van der Waals surface area contributed by atoms with Gasteiger partial charge in [0, 0.05) is 12.7 Å². The van der Waals surface area contributed by atoms with Crippen molar-refractivity contribution in [3.8, 4) is 11.6 Å². The Bertz CT molecular complexity index is 1200. The SMILES string of the molecule is Cc1ccc(CN2C(=O)N(C)C(=O)NC2Nc2ccc(Oc3cnc(C(=O)O)cn3)cc2)cc1. The Labute approximate surface area is 195 Å². The number of nitrogens with one attached hydrogen (secondary N) is 2. The summed E-state index contributed by atoms with van der Waals surface area (Å²) in [5, 5.41) is 14.8. The second-order valence-corrected chi connectivity index (χ2v) is 7.62. The Kier molecular flexibility index (Phi) is 6.26. The van der Waals surface area contributed by atoms with Crippen molar-refractivity contribution >= 4 is 23.7 Å². The van der Waals surface area contributed by atoms with E-state index in [9.17, 15) is 14.4 Å². The number of aromatic nitrogens is 2. The highest BCUT2D eigenvalue weighted by atomic mass is 16.5. The summed E-state index contributed by atoms with van der Waals surface area (Å²) in [6, 6.07) is 13.6. The lowest BCUT2D eigenvalue weighted by molar-refractivity contribution is 0.0689. The van der Waals surface area contributed by atoms with Crippen molar-refractivity contribution in [1.29, 1.82) is 0 Å². The maximum absolute atomic E-state index is 12.8. The van der Waals surface area contributed by atoms with Crippen LogP contribution < -0.4 is 15.4 Å². The highest BCUT2D eigenvalue weighted by Crippen LogP contribution is 2.23. The summed E-state index contributed by atoms with van der Waals surface area (Å²) in [4.78, 5) is 46.1. The van der Waals surface area contributed by atoms with Crippen LogP contribution in [-0.4, -0.2) is 56.2 Å². The summed E-state index contributed by atoms with van der Waals surface area (Å²) in [7, 11) is 1.42. The van der Waals surface area contributed by atoms with E-state index >= 15 is 0 Å². The molecule has 0 bridgehead atoms. The fourth-order valence-corrected chi connectivity index (χ4v) is 3.22. The predicted molar refractivity (Wildman–Crippen MR) is 121 cm³/mol. The lowest BCUT2D eigenvalue weighted by Crippen LogP contribution is -2.65. The van der Waals surface area contributed by atoms with Gasteiger partial charge >= 0.3 is 18.0 Å². The zero-order valence-electron chi connectivity index (χ0n) is 18.4. The third kappa shape index (κ3) is 5.04. The molecule has 0 radical (unpaired) electrons. The van der Waals surface area contributed by atoms with Gasteiger partial charge in [0.05, 0.1) is 18.9 Å². The molecule has 1 aliphatic heterocycles. The third-order valence-corrected chi connectivity index (χ3v) is 5.11. The number of carboxylic acid groups (broad SMARTS) is 1. The molecule has 1 aromatic heterocycles. The first-order valence-corrected chi connectivity index (χ1v) is 10.3. The smallest absolute Gasteiger partial charge is 0.356 e. The van der Waals surface area contributed by atoms with Crippen molar-refractivity contribution in [2.75, 3.05) is 12.4 Å². The molecule has 1 aliphatic rings. The van der Waals surface area contributed by atoms with E-state index < -0.39 is 24.3 Å². The number of carbonyl (C=O) groups is 3. The van der Waals surface area contributed by atoms with E-state index in [4.69, 9.17) is 9.84 Å². The molecule has 2 aromatic carbocycles. The Balaban J connectivity index is 1.46. The molecule has 0 saturated carbocycles. The minimum absolute atomic E-state index is 0.142. The van der Waals surface area contributed by atoms with Crippen molar-refractivity contribution < 1.29 is 24.2 Å². The number of aromatic carboxylic acids is 1. The second-order valence-electron chi connectivity index (χ2n) is 7.62. The van der Waals surface area contributed by atoms with Gasteiger partial charge in [0.1, 0.15) is 5.75 Å². The predicted octanol–water partition coefficient (Wildman–Crippen LogP) is 3.25. The number of aryl methyl sites for hydroxylation is 1. The van der Waals surface area contributed by atoms with Crippen LogP contribution in [0.4, 0.5) is 15.3 Å². The molecule has 0 spiro atoms. The number of rotatable bonds is 7. The quantitative estimate of drug-likeness (QED) is 0.487. The van der Waals surface area contributed by atoms with E-state index in [0.717, 1.165) is 22.2 Å². The summed E-state index contributed by atoms with van der Waals surface area (Å²) in [5.41, 5.74) is 2.49. The molecular weight excluding hydrogens is 440 g/mol. The van der Waals surface area contributed by atoms with Gasteiger partial charge in [-0.3, -0.25) is 10.2 Å². The standard InChI is InChI=1S/C23H22N6O5/c1-14-3-5-15(6-4-14)13-29-21(27-22(32)28(2)23(29)33)26-16-7-9-17(10-8-16)34-19-12-24-18(11-25-19)20(30)31/h3-12,21,26H,13H2,1-2H3,(H,27,32)(H,30,31). The highest BCUT2D eigenvalue weighted by molar-refractivity contribution is 5.96. The van der Waals surface area contributed by atoms with Crippen molar-refractivity contribution in [3.05, 3.63) is 77.7 Å². The van der Waals surface area contributed by atoms with Crippen LogP contribution >= 0.6 is 0 Å². The minimum atomic E-state index is -1.18. The number of hydrogen-bond donors (Lipinski definition) is 3. The Hall–Kier alpha value is -4.67. The van der Waals surface area contributed by atoms with Crippen LogP contribution in [0.1, 0.15) is 21.6 Å².